The number of carbonyl (C=O) groups excluding carboxylic acids is 2. The third-order valence-corrected chi connectivity index (χ3v) is 4.00. The van der Waals surface area contributed by atoms with Crippen molar-refractivity contribution in [2.45, 2.75) is 19.4 Å². The number of hydrogen-bond acceptors (Lipinski definition) is 7. The predicted molar refractivity (Wildman–Crippen MR) is 100 cm³/mol. The van der Waals surface area contributed by atoms with E-state index in [1.165, 1.54) is 24.3 Å². The van der Waals surface area contributed by atoms with Crippen molar-refractivity contribution in [3.05, 3.63) is 71.5 Å². The van der Waals surface area contributed by atoms with E-state index >= 15 is 0 Å². The number of nitro groups is 1. The summed E-state index contributed by atoms with van der Waals surface area (Å²) in [5.41, 5.74) is 3.17. The lowest BCUT2D eigenvalue weighted by Gasteiger charge is -2.30. The molecule has 1 aromatic rings. The molecule has 2 rings (SSSR count). The number of benzene rings is 1. The Balaban J connectivity index is 2.12. The van der Waals surface area contributed by atoms with Crippen LogP contribution in [-0.4, -0.2) is 52.7 Å². The van der Waals surface area contributed by atoms with E-state index in [1.54, 1.807) is 19.8 Å². The Hall–Kier alpha value is -2.52. The number of non-ortho nitro benzene ring substituents is 1. The Morgan fingerprint density at radius 2 is 1.89 bits per heavy atom. The molecule has 0 heterocycles. The van der Waals surface area contributed by atoms with Gasteiger partial charge in [0.1, 0.15) is 0 Å². The van der Waals surface area contributed by atoms with Crippen molar-refractivity contribution in [3.63, 3.8) is 0 Å². The first kappa shape index (κ1) is 21.8. The topological polar surface area (TPSA) is 122 Å². The molecule has 1 aliphatic rings. The highest BCUT2D eigenvalue weighted by molar-refractivity contribution is 5.97. The number of nitrogens with one attached hydrogen (secondary N) is 1. The molecule has 0 aromatic heterocycles. The van der Waals surface area contributed by atoms with Gasteiger partial charge in [0.05, 0.1) is 24.7 Å². The summed E-state index contributed by atoms with van der Waals surface area (Å²) < 4.78 is 4.96. The monoisotopic (exact) mass is 388 g/mol. The fraction of sp³-hybridized carbons (Fsp3) is 0.316. The highest BCUT2D eigenvalue weighted by atomic mass is 16.6. The number of carbonyl (C=O) groups is 2. The molecular weight excluding hydrogens is 366 g/mol. The summed E-state index contributed by atoms with van der Waals surface area (Å²) in [5.74, 6) is 0.531. The first-order chi connectivity index (χ1) is 13.5. The standard InChI is InChI=1S/C19H22N3O6/c1-2-28-19(25)21(11-12-23)20-17(14-5-3-4-6-14)13-18(24)15-7-9-16(10-8-15)22(26)27/h3-10,17,20,23H,2,11-13H2,1H3. The summed E-state index contributed by atoms with van der Waals surface area (Å²) in [6.07, 6.45) is 6.58. The summed E-state index contributed by atoms with van der Waals surface area (Å²) in [4.78, 5) is 35.0. The van der Waals surface area contributed by atoms with Gasteiger partial charge in [-0.15, -0.1) is 0 Å². The van der Waals surface area contributed by atoms with Gasteiger partial charge < -0.3 is 9.84 Å². The van der Waals surface area contributed by atoms with Crippen molar-refractivity contribution in [2.24, 2.45) is 0 Å². The molecule has 0 spiro atoms. The van der Waals surface area contributed by atoms with Crippen LogP contribution in [0.15, 0.2) is 24.3 Å². The lowest BCUT2D eigenvalue weighted by molar-refractivity contribution is -0.384. The molecule has 28 heavy (non-hydrogen) atoms. The first-order valence-electron chi connectivity index (χ1n) is 8.76. The minimum atomic E-state index is -0.657. The van der Waals surface area contributed by atoms with E-state index in [9.17, 15) is 24.8 Å². The fourth-order valence-electron chi connectivity index (χ4n) is 2.63. The maximum absolute atomic E-state index is 12.7. The van der Waals surface area contributed by atoms with E-state index in [2.05, 4.69) is 5.43 Å². The third-order valence-electron chi connectivity index (χ3n) is 4.00. The van der Waals surface area contributed by atoms with Crippen molar-refractivity contribution in [3.8, 4) is 0 Å². The smallest absolute Gasteiger partial charge is 0.424 e. The Kier molecular flexibility index (Phi) is 8.34. The predicted octanol–water partition coefficient (Wildman–Crippen LogP) is 1.90. The van der Waals surface area contributed by atoms with Gasteiger partial charge in [0, 0.05) is 36.1 Å². The van der Waals surface area contributed by atoms with Crippen LogP contribution in [0.1, 0.15) is 23.7 Å². The van der Waals surface area contributed by atoms with Crippen LogP contribution < -0.4 is 5.43 Å². The first-order valence-corrected chi connectivity index (χ1v) is 8.76. The van der Waals surface area contributed by atoms with E-state index in [0.717, 1.165) is 10.9 Å². The summed E-state index contributed by atoms with van der Waals surface area (Å²) >= 11 is 0. The molecule has 2 N–H and O–H groups in total. The Morgan fingerprint density at radius 3 is 2.43 bits per heavy atom. The third kappa shape index (κ3) is 6.00. The molecule has 0 bridgehead atoms. The second-order valence-electron chi connectivity index (χ2n) is 5.91. The highest BCUT2D eigenvalue weighted by Crippen LogP contribution is 2.29. The van der Waals surface area contributed by atoms with Crippen LogP contribution >= 0.6 is 0 Å². The van der Waals surface area contributed by atoms with Crippen molar-refractivity contribution >= 4 is 17.6 Å². The second kappa shape index (κ2) is 10.7. The van der Waals surface area contributed by atoms with Crippen LogP contribution in [-0.2, 0) is 4.74 Å². The van der Waals surface area contributed by atoms with Crippen molar-refractivity contribution in [2.75, 3.05) is 19.8 Å². The lowest BCUT2D eigenvalue weighted by Crippen LogP contribution is -2.52. The Bertz CT molecular complexity index is 673. The number of amides is 1. The van der Waals surface area contributed by atoms with Crippen molar-refractivity contribution in [1.29, 1.82) is 0 Å². The Labute approximate surface area is 163 Å². The molecule has 9 nitrogen and oxygen atoms in total. The number of aliphatic hydroxyl groups is 1. The number of ketones is 1. The van der Waals surface area contributed by atoms with Crippen LogP contribution in [0, 0.1) is 41.7 Å². The van der Waals surface area contributed by atoms with E-state index in [-0.39, 0.29) is 37.6 Å². The maximum atomic E-state index is 12.7. The van der Waals surface area contributed by atoms with E-state index in [4.69, 9.17) is 4.74 Å². The molecule has 0 saturated heterocycles. The maximum Gasteiger partial charge on any atom is 0.424 e. The summed E-state index contributed by atoms with van der Waals surface area (Å²) in [5, 5.41) is 21.1. The van der Waals surface area contributed by atoms with E-state index in [0.29, 0.717) is 5.56 Å². The molecule has 1 aliphatic carbocycles. The van der Waals surface area contributed by atoms with Gasteiger partial charge in [0.2, 0.25) is 0 Å². The Morgan fingerprint density at radius 1 is 1.25 bits per heavy atom. The van der Waals surface area contributed by atoms with Gasteiger partial charge in [-0.25, -0.2) is 15.2 Å². The van der Waals surface area contributed by atoms with Gasteiger partial charge >= 0.3 is 6.09 Å². The average Bonchev–Trinajstić information content (AvgIpc) is 3.21. The molecule has 5 radical (unpaired) electrons. The van der Waals surface area contributed by atoms with Gasteiger partial charge in [-0.1, -0.05) is 0 Å². The zero-order chi connectivity index (χ0) is 20.5. The number of aliphatic hydroxyl groups excluding tert-OH is 1. The van der Waals surface area contributed by atoms with Gasteiger partial charge in [0.25, 0.3) is 5.69 Å². The highest BCUT2D eigenvalue weighted by Gasteiger charge is 2.31. The zero-order valence-corrected chi connectivity index (χ0v) is 15.4. The number of nitrogens with zero attached hydrogens (tertiary/aromatic N) is 2. The van der Waals surface area contributed by atoms with Crippen molar-refractivity contribution in [1.82, 2.24) is 10.4 Å². The summed E-state index contributed by atoms with van der Waals surface area (Å²) in [6.45, 7) is 1.55. The van der Waals surface area contributed by atoms with Crippen LogP contribution in [0.5, 0.6) is 0 Å². The molecule has 9 heteroatoms. The van der Waals surface area contributed by atoms with Crippen LogP contribution in [0.25, 0.3) is 0 Å². The molecule has 1 aromatic carbocycles. The molecule has 1 saturated carbocycles. The SMILES string of the molecule is CCOC(=O)N(CCO)NC(CC(=O)c1ccc([N+](=O)[O-])cc1)[C]1[CH][CH][CH][CH]1. The molecule has 1 unspecified atom stereocenters. The summed E-state index contributed by atoms with van der Waals surface area (Å²) in [7, 11) is 0. The van der Waals surface area contributed by atoms with E-state index < -0.39 is 17.1 Å². The van der Waals surface area contributed by atoms with Crippen LogP contribution in [0.3, 0.4) is 0 Å². The number of nitro benzene ring substituents is 1. The quantitative estimate of drug-likeness (QED) is 0.356. The van der Waals surface area contributed by atoms with Gasteiger partial charge in [-0.2, -0.15) is 0 Å². The number of ether oxygens (including phenoxy) is 1. The average molecular weight is 388 g/mol. The second-order valence-corrected chi connectivity index (χ2v) is 5.91. The molecule has 1 amide bonds. The van der Waals surface area contributed by atoms with Gasteiger partial charge in [0.15, 0.2) is 5.78 Å². The fourth-order valence-corrected chi connectivity index (χ4v) is 2.63. The van der Waals surface area contributed by atoms with E-state index in [1.807, 2.05) is 12.8 Å². The number of Topliss-reactive ketones (excluding diaryl/α,β-unsaturated/α-hetero) is 1. The number of hydrogen-bond donors (Lipinski definition) is 2. The molecule has 149 valence electrons. The molecule has 1 fully saturated rings. The minimum absolute atomic E-state index is 0.00313. The number of rotatable bonds is 10. The van der Waals surface area contributed by atoms with Crippen molar-refractivity contribution < 1.29 is 24.4 Å². The molecule has 1 atom stereocenters. The summed E-state index contributed by atoms with van der Waals surface area (Å²) in [6, 6.07) is 4.80. The van der Waals surface area contributed by atoms with Gasteiger partial charge in [-0.05, 0) is 44.7 Å². The lowest BCUT2D eigenvalue weighted by atomic mass is 9.92. The normalized spacial score (nSPS) is 15.2. The largest absolute Gasteiger partial charge is 0.449 e. The molecule has 0 aliphatic heterocycles. The molecular formula is C19H22N3O6. The van der Waals surface area contributed by atoms with Crippen LogP contribution in [0.4, 0.5) is 10.5 Å². The van der Waals surface area contributed by atoms with Gasteiger partial charge in [-0.3, -0.25) is 14.9 Å². The number of hydrazine groups is 1. The zero-order valence-electron chi connectivity index (χ0n) is 15.4. The minimum Gasteiger partial charge on any atom is -0.449 e. The van der Waals surface area contributed by atoms with Crippen LogP contribution in [0.2, 0.25) is 0 Å².